The van der Waals surface area contributed by atoms with Crippen LogP contribution in [0.4, 0.5) is 5.69 Å². The molecule has 0 aliphatic carbocycles. The van der Waals surface area contributed by atoms with E-state index >= 15 is 0 Å². The number of aromatic nitrogens is 3. The average Bonchev–Trinajstić information content (AvgIpc) is 3.27. The fraction of sp³-hybridized carbons (Fsp3) is 0.423. The van der Waals surface area contributed by atoms with Gasteiger partial charge in [0.25, 0.3) is 5.91 Å². The summed E-state index contributed by atoms with van der Waals surface area (Å²) in [6.07, 6.45) is 0.888. The number of nitrogens with zero attached hydrogens (tertiary/aromatic N) is 5. The van der Waals surface area contributed by atoms with E-state index in [1.807, 2.05) is 49.4 Å². The van der Waals surface area contributed by atoms with Crippen molar-refractivity contribution in [3.63, 3.8) is 0 Å². The number of nitrogens with one attached hydrogen (secondary N) is 1. The van der Waals surface area contributed by atoms with Crippen LogP contribution in [0, 0.1) is 6.92 Å². The molecule has 3 aromatic rings. The van der Waals surface area contributed by atoms with Gasteiger partial charge in [0, 0.05) is 32.7 Å². The molecule has 1 aliphatic rings. The van der Waals surface area contributed by atoms with E-state index in [-0.39, 0.29) is 5.91 Å². The minimum absolute atomic E-state index is 0.176. The minimum atomic E-state index is -0.176. The predicted octanol–water partition coefficient (Wildman–Crippen LogP) is 2.59. The highest BCUT2D eigenvalue weighted by Crippen LogP contribution is 2.28. The highest BCUT2D eigenvalue weighted by Gasteiger charge is 2.20. The molecule has 9 nitrogen and oxygen atoms in total. The van der Waals surface area contributed by atoms with Gasteiger partial charge in [-0.25, -0.2) is 4.68 Å². The molecular formula is C26H34N6O3. The maximum Gasteiger partial charge on any atom is 0.273 e. The van der Waals surface area contributed by atoms with Crippen LogP contribution in [0.3, 0.4) is 0 Å². The number of benzene rings is 2. The van der Waals surface area contributed by atoms with Gasteiger partial charge in [-0.1, -0.05) is 29.5 Å². The summed E-state index contributed by atoms with van der Waals surface area (Å²) in [6.45, 7) is 7.89. The van der Waals surface area contributed by atoms with Crippen molar-refractivity contribution in [1.82, 2.24) is 25.2 Å². The lowest BCUT2D eigenvalue weighted by Gasteiger charge is -2.36. The summed E-state index contributed by atoms with van der Waals surface area (Å²) in [7, 11) is 3.36. The zero-order chi connectivity index (χ0) is 24.6. The molecule has 0 saturated carbocycles. The molecule has 0 spiro atoms. The summed E-state index contributed by atoms with van der Waals surface area (Å²) < 4.78 is 12.4. The number of anilines is 1. The third kappa shape index (κ3) is 6.10. The molecule has 4 rings (SSSR count). The molecular weight excluding hydrogens is 444 g/mol. The predicted molar refractivity (Wildman–Crippen MR) is 135 cm³/mol. The Morgan fingerprint density at radius 3 is 2.46 bits per heavy atom. The normalized spacial score (nSPS) is 14.1. The Labute approximate surface area is 206 Å². The van der Waals surface area contributed by atoms with Crippen molar-refractivity contribution >= 4 is 11.6 Å². The van der Waals surface area contributed by atoms with Gasteiger partial charge in [0.1, 0.15) is 11.5 Å². The van der Waals surface area contributed by atoms with Crippen molar-refractivity contribution < 1.29 is 14.3 Å². The SMILES string of the molecule is COc1ccc(Cn2nnc(C(=O)NCCCN3CCN(c4ccccc4OC)CC3)c2C)cc1. The highest BCUT2D eigenvalue weighted by molar-refractivity contribution is 5.93. The number of carbonyl (C=O) groups excluding carboxylic acids is 1. The van der Waals surface area contributed by atoms with Gasteiger partial charge in [-0.15, -0.1) is 5.10 Å². The van der Waals surface area contributed by atoms with E-state index in [0.717, 1.165) is 67.6 Å². The first-order valence-electron chi connectivity index (χ1n) is 12.0. The Balaban J connectivity index is 1.19. The largest absolute Gasteiger partial charge is 0.497 e. The molecule has 9 heteroatoms. The van der Waals surface area contributed by atoms with Crippen LogP contribution in [-0.4, -0.2) is 79.3 Å². The summed E-state index contributed by atoms with van der Waals surface area (Å²) in [5.41, 5.74) is 3.35. The first-order valence-corrected chi connectivity index (χ1v) is 12.0. The second kappa shape index (κ2) is 11.7. The number of hydrogen-bond acceptors (Lipinski definition) is 7. The summed E-state index contributed by atoms with van der Waals surface area (Å²) in [4.78, 5) is 17.5. The Kier molecular flexibility index (Phi) is 8.20. The molecule has 1 amide bonds. The second-order valence-corrected chi connectivity index (χ2v) is 8.64. The van der Waals surface area contributed by atoms with Crippen LogP contribution in [0.25, 0.3) is 0 Å². The molecule has 186 valence electrons. The van der Waals surface area contributed by atoms with Gasteiger partial charge >= 0.3 is 0 Å². The quantitative estimate of drug-likeness (QED) is 0.449. The van der Waals surface area contributed by atoms with E-state index < -0.39 is 0 Å². The fourth-order valence-corrected chi connectivity index (χ4v) is 4.32. The Morgan fingerprint density at radius 2 is 1.74 bits per heavy atom. The lowest BCUT2D eigenvalue weighted by molar-refractivity contribution is 0.0945. The molecule has 0 radical (unpaired) electrons. The van der Waals surface area contributed by atoms with E-state index in [4.69, 9.17) is 9.47 Å². The van der Waals surface area contributed by atoms with Crippen LogP contribution in [0.5, 0.6) is 11.5 Å². The van der Waals surface area contributed by atoms with Gasteiger partial charge in [-0.3, -0.25) is 9.69 Å². The molecule has 1 aliphatic heterocycles. The van der Waals surface area contributed by atoms with E-state index in [0.29, 0.717) is 18.8 Å². The Morgan fingerprint density at radius 1 is 1.00 bits per heavy atom. The van der Waals surface area contributed by atoms with Gasteiger partial charge in [0.15, 0.2) is 5.69 Å². The lowest BCUT2D eigenvalue weighted by atomic mass is 10.2. The fourth-order valence-electron chi connectivity index (χ4n) is 4.32. The van der Waals surface area contributed by atoms with Gasteiger partial charge in [-0.2, -0.15) is 0 Å². The van der Waals surface area contributed by atoms with Crippen molar-refractivity contribution in [2.45, 2.75) is 19.9 Å². The molecule has 35 heavy (non-hydrogen) atoms. The number of para-hydroxylation sites is 2. The smallest absolute Gasteiger partial charge is 0.273 e. The van der Waals surface area contributed by atoms with E-state index in [2.05, 4.69) is 31.5 Å². The first-order chi connectivity index (χ1) is 17.1. The summed E-state index contributed by atoms with van der Waals surface area (Å²) in [5.74, 6) is 1.55. The summed E-state index contributed by atoms with van der Waals surface area (Å²) in [5, 5.41) is 11.3. The first kappa shape index (κ1) is 24.5. The number of ether oxygens (including phenoxy) is 2. The number of amides is 1. The third-order valence-corrected chi connectivity index (χ3v) is 6.42. The molecule has 1 fully saturated rings. The van der Waals surface area contributed by atoms with Crippen LogP contribution in [0.1, 0.15) is 28.2 Å². The second-order valence-electron chi connectivity index (χ2n) is 8.64. The van der Waals surface area contributed by atoms with Crippen molar-refractivity contribution in [1.29, 1.82) is 0 Å². The molecule has 0 atom stereocenters. The molecule has 1 aromatic heterocycles. The number of methoxy groups -OCH3 is 2. The van der Waals surface area contributed by atoms with Crippen LogP contribution in [0.2, 0.25) is 0 Å². The van der Waals surface area contributed by atoms with E-state index in [1.165, 1.54) is 0 Å². The number of carbonyl (C=O) groups is 1. The molecule has 1 N–H and O–H groups in total. The molecule has 0 unspecified atom stereocenters. The maximum absolute atomic E-state index is 12.7. The van der Waals surface area contributed by atoms with Crippen LogP contribution >= 0.6 is 0 Å². The van der Waals surface area contributed by atoms with Crippen LogP contribution in [-0.2, 0) is 6.54 Å². The lowest BCUT2D eigenvalue weighted by Crippen LogP contribution is -2.47. The highest BCUT2D eigenvalue weighted by atomic mass is 16.5. The summed E-state index contributed by atoms with van der Waals surface area (Å²) in [6, 6.07) is 15.9. The maximum atomic E-state index is 12.7. The number of rotatable bonds is 10. The van der Waals surface area contributed by atoms with Crippen molar-refractivity contribution in [2.24, 2.45) is 0 Å². The van der Waals surface area contributed by atoms with E-state index in [1.54, 1.807) is 18.9 Å². The Bertz CT molecular complexity index is 1110. The van der Waals surface area contributed by atoms with Gasteiger partial charge < -0.3 is 19.7 Å². The summed E-state index contributed by atoms with van der Waals surface area (Å²) >= 11 is 0. The van der Waals surface area contributed by atoms with E-state index in [9.17, 15) is 4.79 Å². The monoisotopic (exact) mass is 478 g/mol. The van der Waals surface area contributed by atoms with Gasteiger partial charge in [0.2, 0.25) is 0 Å². The van der Waals surface area contributed by atoms with Crippen molar-refractivity contribution in [3.8, 4) is 11.5 Å². The average molecular weight is 479 g/mol. The van der Waals surface area contributed by atoms with Gasteiger partial charge in [0.05, 0.1) is 32.1 Å². The standard InChI is InChI=1S/C26H34N6O3/c1-20-25(28-29-32(20)19-21-9-11-22(34-2)12-10-21)26(33)27-13-6-14-30-15-17-31(18-16-30)23-7-4-5-8-24(23)35-3/h4-5,7-12H,6,13-19H2,1-3H3,(H,27,33). The molecule has 2 aromatic carbocycles. The Hall–Kier alpha value is -3.59. The molecule has 2 heterocycles. The minimum Gasteiger partial charge on any atom is -0.497 e. The van der Waals surface area contributed by atoms with Crippen LogP contribution in [0.15, 0.2) is 48.5 Å². The zero-order valence-electron chi connectivity index (χ0n) is 20.7. The molecule has 1 saturated heterocycles. The topological polar surface area (TPSA) is 84.7 Å². The van der Waals surface area contributed by atoms with Gasteiger partial charge in [-0.05, 0) is 49.7 Å². The van der Waals surface area contributed by atoms with Crippen molar-refractivity contribution in [2.75, 3.05) is 58.4 Å². The zero-order valence-corrected chi connectivity index (χ0v) is 20.7. The third-order valence-electron chi connectivity index (χ3n) is 6.42. The number of hydrogen-bond donors (Lipinski definition) is 1. The van der Waals surface area contributed by atoms with Crippen LogP contribution < -0.4 is 19.7 Å². The number of piperazine rings is 1. The van der Waals surface area contributed by atoms with Crippen molar-refractivity contribution in [3.05, 3.63) is 65.5 Å². The molecule has 0 bridgehead atoms.